The van der Waals surface area contributed by atoms with Gasteiger partial charge in [-0.05, 0) is 29.0 Å². The number of hydrogen-bond donors (Lipinski definition) is 0. The van der Waals surface area contributed by atoms with Crippen LogP contribution >= 0.6 is 23.2 Å². The summed E-state index contributed by atoms with van der Waals surface area (Å²) in [5, 5.41) is -1.19. The molecule has 1 nitrogen and oxygen atoms in total. The molecule has 2 atom stereocenters. The zero-order valence-electron chi connectivity index (χ0n) is 6.77. The largest absolute Gasteiger partial charge is 0.281 e. The van der Waals surface area contributed by atoms with Crippen LogP contribution in [0, 0.1) is 17.3 Å². The van der Waals surface area contributed by atoms with Crippen LogP contribution in [0.25, 0.3) is 0 Å². The summed E-state index contributed by atoms with van der Waals surface area (Å²) >= 11 is 10.4. The van der Waals surface area contributed by atoms with E-state index in [0.717, 1.165) is 0 Å². The van der Waals surface area contributed by atoms with Crippen molar-refractivity contribution in [3.05, 3.63) is 11.4 Å². The molecule has 4 heteroatoms. The number of hydrogen-bond acceptors (Lipinski definition) is 1. The Labute approximate surface area is 80.5 Å². The van der Waals surface area contributed by atoms with Crippen molar-refractivity contribution in [3.63, 3.8) is 0 Å². The van der Waals surface area contributed by atoms with Crippen molar-refractivity contribution in [2.75, 3.05) is 0 Å². The highest BCUT2D eigenvalue weighted by molar-refractivity contribution is 6.64. The van der Waals surface area contributed by atoms with Crippen LogP contribution in [-0.2, 0) is 4.79 Å². The van der Waals surface area contributed by atoms with Gasteiger partial charge in [0.2, 0.25) is 5.24 Å². The first-order valence-corrected chi connectivity index (χ1v) is 4.35. The molecule has 0 bridgehead atoms. The first-order chi connectivity index (χ1) is 5.37. The first kappa shape index (κ1) is 10.0. The highest BCUT2D eigenvalue weighted by atomic mass is 35.5. The van der Waals surface area contributed by atoms with E-state index in [2.05, 4.69) is 0 Å². The van der Waals surface area contributed by atoms with Gasteiger partial charge in [0.25, 0.3) is 0 Å². The average Bonchev–Trinajstić information content (AvgIpc) is 2.32. The Bertz CT molecular complexity index is 243. The molecule has 0 radical (unpaired) electrons. The monoisotopic (exact) mass is 210 g/mol. The normalized spacial score (nSPS) is 33.2. The lowest BCUT2D eigenvalue weighted by Gasteiger charge is -1.95. The predicted octanol–water partition coefficient (Wildman–Crippen LogP) is 3.07. The van der Waals surface area contributed by atoms with Crippen LogP contribution in [0.5, 0.6) is 0 Å². The van der Waals surface area contributed by atoms with Gasteiger partial charge >= 0.3 is 0 Å². The Morgan fingerprint density at radius 3 is 2.25 bits per heavy atom. The van der Waals surface area contributed by atoms with Crippen molar-refractivity contribution in [3.8, 4) is 0 Å². The van der Waals surface area contributed by atoms with Crippen LogP contribution < -0.4 is 0 Å². The average molecular weight is 211 g/mol. The zero-order chi connectivity index (χ0) is 9.52. The molecule has 68 valence electrons. The molecule has 12 heavy (non-hydrogen) atoms. The smallest absolute Gasteiger partial charge is 0.225 e. The number of halogens is 3. The summed E-state index contributed by atoms with van der Waals surface area (Å²) in [6.07, 6.45) is 1.24. The van der Waals surface area contributed by atoms with Gasteiger partial charge in [-0.2, -0.15) is 4.39 Å². The highest BCUT2D eigenvalue weighted by Gasteiger charge is 2.60. The lowest BCUT2D eigenvalue weighted by molar-refractivity contribution is -0.113. The van der Waals surface area contributed by atoms with Gasteiger partial charge in [0, 0.05) is 5.92 Å². The molecule has 0 heterocycles. The van der Waals surface area contributed by atoms with Crippen molar-refractivity contribution in [1.29, 1.82) is 0 Å². The quantitative estimate of drug-likeness (QED) is 0.641. The molecular weight excluding hydrogens is 202 g/mol. The first-order valence-electron chi connectivity index (χ1n) is 3.59. The van der Waals surface area contributed by atoms with E-state index in [1.807, 2.05) is 13.8 Å². The van der Waals surface area contributed by atoms with Gasteiger partial charge in [-0.15, -0.1) is 0 Å². The van der Waals surface area contributed by atoms with E-state index in [1.54, 1.807) is 0 Å². The SMILES string of the molecule is CC1(C)[C@H](C(=O)Cl)[C@@H]1C=C(F)Cl. The number of carbonyl (C=O) groups excluding carboxylic acids is 1. The molecule has 0 spiro atoms. The third-order valence-corrected chi connectivity index (χ3v) is 2.82. The molecule has 1 aliphatic carbocycles. The Morgan fingerprint density at radius 1 is 1.50 bits per heavy atom. The predicted molar refractivity (Wildman–Crippen MR) is 46.7 cm³/mol. The molecule has 0 aromatic carbocycles. The molecule has 1 aliphatic rings. The second-order valence-electron chi connectivity index (χ2n) is 3.59. The van der Waals surface area contributed by atoms with E-state index >= 15 is 0 Å². The lowest BCUT2D eigenvalue weighted by Crippen LogP contribution is -1.96. The van der Waals surface area contributed by atoms with Crippen LogP contribution in [0.2, 0.25) is 0 Å². The van der Waals surface area contributed by atoms with E-state index in [4.69, 9.17) is 23.2 Å². The van der Waals surface area contributed by atoms with E-state index in [1.165, 1.54) is 6.08 Å². The molecule has 1 fully saturated rings. The third-order valence-electron chi connectivity index (χ3n) is 2.46. The summed E-state index contributed by atoms with van der Waals surface area (Å²) in [4.78, 5) is 10.8. The van der Waals surface area contributed by atoms with Gasteiger partial charge < -0.3 is 0 Å². The number of allylic oxidation sites excluding steroid dienone is 1. The van der Waals surface area contributed by atoms with E-state index in [-0.39, 0.29) is 17.3 Å². The fourth-order valence-corrected chi connectivity index (χ4v) is 2.11. The van der Waals surface area contributed by atoms with E-state index < -0.39 is 10.5 Å². The van der Waals surface area contributed by atoms with Crippen LogP contribution in [0.15, 0.2) is 11.4 Å². The van der Waals surface area contributed by atoms with Crippen LogP contribution in [0.1, 0.15) is 13.8 Å². The molecule has 0 saturated heterocycles. The second kappa shape index (κ2) is 3.00. The lowest BCUT2D eigenvalue weighted by atomic mass is 10.1. The fraction of sp³-hybridized carbons (Fsp3) is 0.625. The van der Waals surface area contributed by atoms with Crippen molar-refractivity contribution in [2.45, 2.75) is 13.8 Å². The summed E-state index contributed by atoms with van der Waals surface area (Å²) in [5.41, 5.74) is -0.245. The topological polar surface area (TPSA) is 17.1 Å². The summed E-state index contributed by atoms with van der Waals surface area (Å²) in [6, 6.07) is 0. The summed E-state index contributed by atoms with van der Waals surface area (Å²) < 4.78 is 12.2. The minimum Gasteiger partial charge on any atom is -0.281 e. The molecule has 0 N–H and O–H groups in total. The maximum absolute atomic E-state index is 12.2. The van der Waals surface area contributed by atoms with Gasteiger partial charge in [0.05, 0.1) is 0 Å². The fourth-order valence-electron chi connectivity index (χ4n) is 1.56. The number of rotatable bonds is 2. The van der Waals surface area contributed by atoms with Gasteiger partial charge in [-0.3, -0.25) is 4.79 Å². The Morgan fingerprint density at radius 2 is 2.00 bits per heavy atom. The molecule has 1 rings (SSSR count). The van der Waals surface area contributed by atoms with Gasteiger partial charge in [-0.1, -0.05) is 25.4 Å². The maximum Gasteiger partial charge on any atom is 0.225 e. The van der Waals surface area contributed by atoms with Crippen molar-refractivity contribution < 1.29 is 9.18 Å². The molecule has 0 unspecified atom stereocenters. The summed E-state index contributed by atoms with van der Waals surface area (Å²) in [7, 11) is 0. The molecule has 0 aliphatic heterocycles. The van der Waals surface area contributed by atoms with E-state index in [9.17, 15) is 9.18 Å². The maximum atomic E-state index is 12.2. The van der Waals surface area contributed by atoms with Gasteiger partial charge in [0.15, 0.2) is 5.29 Å². The van der Waals surface area contributed by atoms with Crippen LogP contribution in [-0.4, -0.2) is 5.24 Å². The van der Waals surface area contributed by atoms with Crippen molar-refractivity contribution in [1.82, 2.24) is 0 Å². The number of carbonyl (C=O) groups is 1. The Hall–Kier alpha value is -0.0800. The van der Waals surface area contributed by atoms with Crippen LogP contribution in [0.3, 0.4) is 0 Å². The molecule has 0 aromatic heterocycles. The second-order valence-corrected chi connectivity index (χ2v) is 4.32. The summed E-state index contributed by atoms with van der Waals surface area (Å²) in [6.45, 7) is 3.72. The molecule has 0 amide bonds. The van der Waals surface area contributed by atoms with Gasteiger partial charge in [-0.25, -0.2) is 0 Å². The van der Waals surface area contributed by atoms with Gasteiger partial charge in [0.1, 0.15) is 0 Å². The van der Waals surface area contributed by atoms with Crippen molar-refractivity contribution in [2.24, 2.45) is 17.3 Å². The molecule has 0 aromatic rings. The standard InChI is InChI=1S/C8H9Cl2FO/c1-8(2)4(3-5(9)11)6(8)7(10)12/h3-4,6H,1-2H3/t4-,6-/m0/s1. The van der Waals surface area contributed by atoms with Crippen molar-refractivity contribution >= 4 is 28.4 Å². The zero-order valence-corrected chi connectivity index (χ0v) is 8.29. The minimum atomic E-state index is -0.770. The Kier molecular flexibility index (Phi) is 2.50. The minimum absolute atomic E-state index is 0.153. The van der Waals surface area contributed by atoms with Crippen LogP contribution in [0.4, 0.5) is 4.39 Å². The molecule has 1 saturated carbocycles. The van der Waals surface area contributed by atoms with E-state index in [0.29, 0.717) is 0 Å². The highest BCUT2D eigenvalue weighted by Crippen LogP contribution is 2.60. The Balaban J connectivity index is 2.73. The molecular formula is C8H9Cl2FO. The summed E-state index contributed by atoms with van der Waals surface area (Å²) in [5.74, 6) is -0.441. The third kappa shape index (κ3) is 1.64.